The van der Waals surface area contributed by atoms with Crippen LogP contribution >= 0.6 is 23.1 Å². The highest BCUT2D eigenvalue weighted by Crippen LogP contribution is 2.35. The molecule has 2 unspecified atom stereocenters. The van der Waals surface area contributed by atoms with Crippen LogP contribution in [0, 0.1) is 0 Å². The molecule has 3 N–H and O–H groups in total. The van der Waals surface area contributed by atoms with Gasteiger partial charge in [-0.25, -0.2) is 4.98 Å². The predicted octanol–water partition coefficient (Wildman–Crippen LogP) is 3.57. The highest BCUT2D eigenvalue weighted by Gasteiger charge is 2.26. The molecule has 0 amide bonds. The highest BCUT2D eigenvalue weighted by atomic mass is 32.2. The summed E-state index contributed by atoms with van der Waals surface area (Å²) in [4.78, 5) is 4.34. The van der Waals surface area contributed by atoms with Crippen LogP contribution in [0.25, 0.3) is 10.2 Å². The molecule has 3 nitrogen and oxygen atoms in total. The minimum atomic E-state index is 0.540. The number of nitrogens with zero attached hydrogens (tertiary/aromatic N) is 1. The van der Waals surface area contributed by atoms with Crippen LogP contribution in [0.5, 0.6) is 0 Å². The number of hydrogen-bond acceptors (Lipinski definition) is 5. The second-order valence-corrected chi connectivity index (χ2v) is 6.65. The second kappa shape index (κ2) is 4.97. The third-order valence-electron chi connectivity index (χ3n) is 3.64. The van der Waals surface area contributed by atoms with Gasteiger partial charge in [0.15, 0.2) is 0 Å². The number of fused-ring (bicyclic) bond motifs is 1. The molecule has 1 fully saturated rings. The average molecular weight is 279 g/mol. The molecule has 96 valence electrons. The number of thioether (sulfide) groups is 1. The number of anilines is 2. The summed E-state index contributed by atoms with van der Waals surface area (Å²) in [5.74, 6) is 0. The lowest BCUT2D eigenvalue weighted by molar-refractivity contribution is 0.769. The van der Waals surface area contributed by atoms with Crippen LogP contribution in [0.4, 0.5) is 11.4 Å². The van der Waals surface area contributed by atoms with Crippen LogP contribution < -0.4 is 11.1 Å². The van der Waals surface area contributed by atoms with Gasteiger partial charge in [0.05, 0.1) is 21.6 Å². The first-order valence-electron chi connectivity index (χ1n) is 6.20. The van der Waals surface area contributed by atoms with Gasteiger partial charge in [-0.3, -0.25) is 0 Å². The van der Waals surface area contributed by atoms with Gasteiger partial charge in [0.25, 0.3) is 0 Å². The van der Waals surface area contributed by atoms with E-state index in [1.54, 1.807) is 11.3 Å². The first-order chi connectivity index (χ1) is 8.79. The molecule has 0 spiro atoms. The van der Waals surface area contributed by atoms with Gasteiger partial charge in [-0.1, -0.05) is 6.42 Å². The molecule has 1 saturated carbocycles. The first kappa shape index (κ1) is 12.1. The second-order valence-electron chi connectivity index (χ2n) is 4.68. The maximum Gasteiger partial charge on any atom is 0.106 e. The summed E-state index contributed by atoms with van der Waals surface area (Å²) in [6, 6.07) is 4.73. The van der Waals surface area contributed by atoms with Crippen molar-refractivity contribution in [2.24, 2.45) is 0 Å². The third kappa shape index (κ3) is 2.06. The molecule has 1 aliphatic rings. The minimum Gasteiger partial charge on any atom is -0.395 e. The van der Waals surface area contributed by atoms with Crippen LogP contribution in [0.1, 0.15) is 19.3 Å². The van der Waals surface area contributed by atoms with Crippen molar-refractivity contribution in [1.29, 1.82) is 0 Å². The Morgan fingerprint density at radius 3 is 3.17 bits per heavy atom. The number of rotatable bonds is 3. The normalized spacial score (nSPS) is 23.6. The van der Waals surface area contributed by atoms with Crippen LogP contribution in [0.3, 0.4) is 0 Å². The lowest BCUT2D eigenvalue weighted by Crippen LogP contribution is -2.26. The van der Waals surface area contributed by atoms with Crippen LogP contribution in [0.15, 0.2) is 17.6 Å². The third-order valence-corrected chi connectivity index (χ3v) is 5.60. The molecule has 0 aliphatic heterocycles. The maximum atomic E-state index is 6.20. The Labute approximate surface area is 115 Å². The molecule has 18 heavy (non-hydrogen) atoms. The van der Waals surface area contributed by atoms with E-state index in [0.717, 1.165) is 21.6 Å². The fourth-order valence-corrected chi connectivity index (χ4v) is 4.28. The van der Waals surface area contributed by atoms with Crippen molar-refractivity contribution in [3.8, 4) is 0 Å². The van der Waals surface area contributed by atoms with Crippen molar-refractivity contribution in [2.45, 2.75) is 30.6 Å². The largest absolute Gasteiger partial charge is 0.395 e. The van der Waals surface area contributed by atoms with E-state index in [9.17, 15) is 0 Å². The average Bonchev–Trinajstić information content (AvgIpc) is 3.01. The van der Waals surface area contributed by atoms with Gasteiger partial charge in [0, 0.05) is 11.3 Å². The van der Waals surface area contributed by atoms with Gasteiger partial charge >= 0.3 is 0 Å². The number of hydrogen-bond donors (Lipinski definition) is 2. The van der Waals surface area contributed by atoms with Crippen molar-refractivity contribution in [1.82, 2.24) is 4.98 Å². The number of benzene rings is 1. The summed E-state index contributed by atoms with van der Waals surface area (Å²) in [5, 5.41) is 4.32. The first-order valence-corrected chi connectivity index (χ1v) is 8.37. The quantitative estimate of drug-likeness (QED) is 0.843. The molecule has 2 atom stereocenters. The number of aromatic nitrogens is 1. The SMILES string of the molecule is CSC1CCCC1Nc1ccc2scnc2c1N. The van der Waals surface area contributed by atoms with Gasteiger partial charge in [-0.15, -0.1) is 11.3 Å². The van der Waals surface area contributed by atoms with Crippen molar-refractivity contribution in [2.75, 3.05) is 17.3 Å². The molecular formula is C13H17N3S2. The Morgan fingerprint density at radius 1 is 1.44 bits per heavy atom. The lowest BCUT2D eigenvalue weighted by Gasteiger charge is -2.21. The smallest absolute Gasteiger partial charge is 0.106 e. The Bertz CT molecular complexity index is 552. The molecule has 2 aromatic rings. The summed E-state index contributed by atoms with van der Waals surface area (Å²) in [5.41, 5.74) is 10.8. The molecule has 3 rings (SSSR count). The fraction of sp³-hybridized carbons (Fsp3) is 0.462. The van der Waals surface area contributed by atoms with E-state index in [1.807, 2.05) is 17.3 Å². The van der Waals surface area contributed by atoms with Crippen molar-refractivity contribution in [3.05, 3.63) is 17.6 Å². The summed E-state index contributed by atoms with van der Waals surface area (Å²) in [6.45, 7) is 0. The number of nitrogens with one attached hydrogen (secondary N) is 1. The molecule has 1 aromatic heterocycles. The molecule has 1 heterocycles. The predicted molar refractivity (Wildman–Crippen MR) is 82.6 cm³/mol. The molecule has 0 radical (unpaired) electrons. The van der Waals surface area contributed by atoms with E-state index < -0.39 is 0 Å². The topological polar surface area (TPSA) is 50.9 Å². The van der Waals surface area contributed by atoms with Crippen LogP contribution in [-0.2, 0) is 0 Å². The summed E-state index contributed by atoms with van der Waals surface area (Å²) in [7, 11) is 0. The zero-order chi connectivity index (χ0) is 12.5. The van der Waals surface area contributed by atoms with E-state index in [4.69, 9.17) is 5.73 Å². The zero-order valence-electron chi connectivity index (χ0n) is 10.3. The van der Waals surface area contributed by atoms with Crippen molar-refractivity contribution in [3.63, 3.8) is 0 Å². The van der Waals surface area contributed by atoms with Gasteiger partial charge in [-0.2, -0.15) is 11.8 Å². The van der Waals surface area contributed by atoms with Gasteiger partial charge < -0.3 is 11.1 Å². The molecular weight excluding hydrogens is 262 g/mol. The van der Waals surface area contributed by atoms with Crippen LogP contribution in [0.2, 0.25) is 0 Å². The molecule has 1 aromatic carbocycles. The zero-order valence-corrected chi connectivity index (χ0v) is 12.0. The standard InChI is InChI=1S/C13H17N3S2/c1-17-10-4-2-3-8(10)16-9-5-6-11-13(12(9)14)15-7-18-11/h5-8,10,16H,2-4,14H2,1H3. The number of thiazole rings is 1. The van der Waals surface area contributed by atoms with E-state index in [1.165, 1.54) is 19.3 Å². The van der Waals surface area contributed by atoms with E-state index in [-0.39, 0.29) is 0 Å². The fourth-order valence-electron chi connectivity index (χ4n) is 2.65. The summed E-state index contributed by atoms with van der Waals surface area (Å²) >= 11 is 3.59. The highest BCUT2D eigenvalue weighted by molar-refractivity contribution is 7.99. The van der Waals surface area contributed by atoms with Gasteiger partial charge in [0.2, 0.25) is 0 Å². The van der Waals surface area contributed by atoms with E-state index >= 15 is 0 Å². The Kier molecular flexibility index (Phi) is 3.35. The Morgan fingerprint density at radius 2 is 2.33 bits per heavy atom. The maximum absolute atomic E-state index is 6.20. The van der Waals surface area contributed by atoms with Gasteiger partial charge in [0.1, 0.15) is 5.52 Å². The monoisotopic (exact) mass is 279 g/mol. The number of nitrogens with two attached hydrogens (primary N) is 1. The van der Waals surface area contributed by atoms with E-state index in [2.05, 4.69) is 28.7 Å². The molecule has 0 bridgehead atoms. The van der Waals surface area contributed by atoms with Gasteiger partial charge in [-0.05, 0) is 31.2 Å². The van der Waals surface area contributed by atoms with Crippen LogP contribution in [-0.4, -0.2) is 22.5 Å². The summed E-state index contributed by atoms with van der Waals surface area (Å²) in [6.07, 6.45) is 6.04. The van der Waals surface area contributed by atoms with Crippen molar-refractivity contribution >= 4 is 44.7 Å². The molecule has 5 heteroatoms. The van der Waals surface area contributed by atoms with Crippen molar-refractivity contribution < 1.29 is 0 Å². The Hall–Kier alpha value is -0.940. The van der Waals surface area contributed by atoms with E-state index in [0.29, 0.717) is 11.3 Å². The molecule has 1 aliphatic carbocycles. The number of nitrogen functional groups attached to an aromatic ring is 1. The Balaban J connectivity index is 1.88. The summed E-state index contributed by atoms with van der Waals surface area (Å²) < 4.78 is 1.16. The minimum absolute atomic E-state index is 0.540. The lowest BCUT2D eigenvalue weighted by atomic mass is 10.2. The molecule has 0 saturated heterocycles.